The van der Waals surface area contributed by atoms with Gasteiger partial charge in [0.1, 0.15) is 0 Å². The number of carbonyl (C=O) groups is 1. The fourth-order valence-corrected chi connectivity index (χ4v) is 2.61. The van der Waals surface area contributed by atoms with Crippen LogP contribution in [0.2, 0.25) is 0 Å². The van der Waals surface area contributed by atoms with Gasteiger partial charge in [-0.1, -0.05) is 4.49 Å². The Bertz CT molecular complexity index is 336. The van der Waals surface area contributed by atoms with Gasteiger partial charge in [0.25, 0.3) is 5.91 Å². The highest BCUT2D eigenvalue weighted by Gasteiger charge is 2.20. The van der Waals surface area contributed by atoms with Crippen LogP contribution < -0.4 is 5.32 Å². The van der Waals surface area contributed by atoms with Crippen LogP contribution in [0.1, 0.15) is 36.2 Å². The second-order valence-electron chi connectivity index (χ2n) is 4.12. The average molecular weight is 260 g/mol. The predicted molar refractivity (Wildman–Crippen MR) is 63.8 cm³/mol. The molecule has 4 nitrogen and oxygen atoms in total. The Morgan fingerprint density at radius 2 is 2.25 bits per heavy atom. The van der Waals surface area contributed by atoms with Gasteiger partial charge in [-0.15, -0.1) is 16.7 Å². The molecule has 1 amide bonds. The van der Waals surface area contributed by atoms with Gasteiger partial charge in [0.15, 0.2) is 5.69 Å². The molecule has 6 heteroatoms. The Morgan fingerprint density at radius 1 is 1.50 bits per heavy atom. The van der Waals surface area contributed by atoms with Crippen LogP contribution in [-0.2, 0) is 0 Å². The van der Waals surface area contributed by atoms with E-state index in [0.29, 0.717) is 17.0 Å². The molecule has 1 saturated carbocycles. The number of hydrogen-bond acceptors (Lipinski definition) is 4. The predicted octanol–water partition coefficient (Wildman–Crippen LogP) is 2.07. The highest BCUT2D eigenvalue weighted by Crippen LogP contribution is 2.26. The zero-order valence-corrected chi connectivity index (χ0v) is 10.4. The van der Waals surface area contributed by atoms with Crippen molar-refractivity contribution in [2.24, 2.45) is 5.92 Å². The third kappa shape index (κ3) is 3.15. The van der Waals surface area contributed by atoms with E-state index in [2.05, 4.69) is 14.9 Å². The van der Waals surface area contributed by atoms with E-state index in [1.807, 2.05) is 0 Å². The molecule has 0 saturated heterocycles. The SMILES string of the molecule is O=C(NCC1CCC(Cl)CC1)c1csnn1. The van der Waals surface area contributed by atoms with Crippen LogP contribution >= 0.6 is 23.1 Å². The molecule has 1 aromatic heterocycles. The molecule has 1 aliphatic rings. The number of aromatic nitrogens is 2. The van der Waals surface area contributed by atoms with E-state index < -0.39 is 0 Å². The van der Waals surface area contributed by atoms with E-state index in [1.165, 1.54) is 11.5 Å². The van der Waals surface area contributed by atoms with Crippen molar-refractivity contribution in [3.8, 4) is 0 Å². The van der Waals surface area contributed by atoms with Crippen LogP contribution in [0.4, 0.5) is 0 Å². The standard InChI is InChI=1S/C10H14ClN3OS/c11-8-3-1-7(2-4-8)5-12-10(15)9-6-16-14-13-9/h6-8H,1-5H2,(H,12,15). The van der Waals surface area contributed by atoms with Crippen molar-refractivity contribution in [2.45, 2.75) is 31.1 Å². The van der Waals surface area contributed by atoms with Crippen molar-refractivity contribution < 1.29 is 4.79 Å². The molecular weight excluding hydrogens is 246 g/mol. The summed E-state index contributed by atoms with van der Waals surface area (Å²) in [6, 6.07) is 0. The summed E-state index contributed by atoms with van der Waals surface area (Å²) in [4.78, 5) is 11.6. The summed E-state index contributed by atoms with van der Waals surface area (Å²) in [5.74, 6) is 0.437. The first-order chi connectivity index (χ1) is 7.75. The Kier molecular flexibility index (Phi) is 4.12. The summed E-state index contributed by atoms with van der Waals surface area (Å²) in [6.45, 7) is 0.722. The van der Waals surface area contributed by atoms with E-state index in [-0.39, 0.29) is 5.91 Å². The minimum absolute atomic E-state index is 0.123. The molecule has 0 aliphatic heterocycles. The quantitative estimate of drug-likeness (QED) is 0.846. The third-order valence-electron chi connectivity index (χ3n) is 2.92. The van der Waals surface area contributed by atoms with Crippen molar-refractivity contribution in [2.75, 3.05) is 6.54 Å². The van der Waals surface area contributed by atoms with Gasteiger partial charge in [-0.25, -0.2) is 0 Å². The van der Waals surface area contributed by atoms with E-state index >= 15 is 0 Å². The van der Waals surface area contributed by atoms with Gasteiger partial charge in [-0.2, -0.15) is 0 Å². The van der Waals surface area contributed by atoms with Gasteiger partial charge in [-0.3, -0.25) is 4.79 Å². The zero-order valence-electron chi connectivity index (χ0n) is 8.86. The number of nitrogens with one attached hydrogen (secondary N) is 1. The lowest BCUT2D eigenvalue weighted by Gasteiger charge is -2.24. The van der Waals surface area contributed by atoms with Gasteiger partial charge < -0.3 is 5.32 Å². The van der Waals surface area contributed by atoms with Gasteiger partial charge in [-0.05, 0) is 43.1 Å². The van der Waals surface area contributed by atoms with Gasteiger partial charge >= 0.3 is 0 Å². The molecule has 0 aromatic carbocycles. The molecule has 0 bridgehead atoms. The molecule has 88 valence electrons. The Balaban J connectivity index is 1.73. The third-order valence-corrected chi connectivity index (χ3v) is 3.86. The normalized spacial score (nSPS) is 25.3. The first-order valence-electron chi connectivity index (χ1n) is 5.45. The molecule has 16 heavy (non-hydrogen) atoms. The van der Waals surface area contributed by atoms with Crippen LogP contribution in [-0.4, -0.2) is 27.4 Å². The van der Waals surface area contributed by atoms with E-state index in [4.69, 9.17) is 11.6 Å². The minimum Gasteiger partial charge on any atom is -0.350 e. The number of halogens is 1. The lowest BCUT2D eigenvalue weighted by molar-refractivity contribution is 0.0938. The number of amides is 1. The summed E-state index contributed by atoms with van der Waals surface area (Å²) in [5.41, 5.74) is 0.413. The summed E-state index contributed by atoms with van der Waals surface area (Å²) in [5, 5.41) is 8.61. The number of alkyl halides is 1. The number of hydrogen-bond donors (Lipinski definition) is 1. The second kappa shape index (κ2) is 5.59. The average Bonchev–Trinajstić information content (AvgIpc) is 2.81. The molecule has 1 N–H and O–H groups in total. The maximum absolute atomic E-state index is 11.6. The largest absolute Gasteiger partial charge is 0.350 e. The Morgan fingerprint density at radius 3 is 2.88 bits per heavy atom. The maximum Gasteiger partial charge on any atom is 0.272 e. The lowest BCUT2D eigenvalue weighted by Crippen LogP contribution is -2.31. The molecule has 0 atom stereocenters. The highest BCUT2D eigenvalue weighted by atomic mass is 35.5. The van der Waals surface area contributed by atoms with Crippen LogP contribution in [0.3, 0.4) is 0 Å². The Labute approximate surface area is 104 Å². The highest BCUT2D eigenvalue weighted by molar-refractivity contribution is 7.03. The van der Waals surface area contributed by atoms with Crippen molar-refractivity contribution in [3.05, 3.63) is 11.1 Å². The van der Waals surface area contributed by atoms with Crippen molar-refractivity contribution in [3.63, 3.8) is 0 Å². The molecule has 0 unspecified atom stereocenters. The van der Waals surface area contributed by atoms with Crippen molar-refractivity contribution in [1.29, 1.82) is 0 Å². The first kappa shape index (κ1) is 11.8. The molecule has 1 fully saturated rings. The summed E-state index contributed by atoms with van der Waals surface area (Å²) in [6.07, 6.45) is 4.31. The van der Waals surface area contributed by atoms with Gasteiger partial charge in [0.2, 0.25) is 0 Å². The summed E-state index contributed by atoms with van der Waals surface area (Å²) in [7, 11) is 0. The fraction of sp³-hybridized carbons (Fsp3) is 0.700. The maximum atomic E-state index is 11.6. The topological polar surface area (TPSA) is 54.9 Å². The van der Waals surface area contributed by atoms with Crippen LogP contribution in [0.5, 0.6) is 0 Å². The van der Waals surface area contributed by atoms with Crippen LogP contribution in [0.15, 0.2) is 5.38 Å². The zero-order chi connectivity index (χ0) is 11.4. The molecule has 2 rings (SSSR count). The summed E-state index contributed by atoms with van der Waals surface area (Å²) >= 11 is 7.21. The molecular formula is C10H14ClN3OS. The van der Waals surface area contributed by atoms with Crippen LogP contribution in [0.25, 0.3) is 0 Å². The first-order valence-corrected chi connectivity index (χ1v) is 6.72. The smallest absolute Gasteiger partial charge is 0.272 e. The monoisotopic (exact) mass is 259 g/mol. The van der Waals surface area contributed by atoms with Crippen LogP contribution in [0, 0.1) is 5.92 Å². The summed E-state index contributed by atoms with van der Waals surface area (Å²) < 4.78 is 3.66. The fourth-order valence-electron chi connectivity index (χ4n) is 1.92. The lowest BCUT2D eigenvalue weighted by atomic mass is 9.89. The molecule has 0 radical (unpaired) electrons. The van der Waals surface area contributed by atoms with Crippen molar-refractivity contribution >= 4 is 29.0 Å². The molecule has 0 spiro atoms. The molecule has 1 aromatic rings. The molecule has 1 heterocycles. The number of carbonyl (C=O) groups excluding carboxylic acids is 1. The van der Waals surface area contributed by atoms with Gasteiger partial charge in [0, 0.05) is 17.3 Å². The number of nitrogens with zero attached hydrogens (tertiary/aromatic N) is 2. The number of rotatable bonds is 3. The minimum atomic E-state index is -0.123. The van der Waals surface area contributed by atoms with E-state index in [0.717, 1.165) is 32.2 Å². The van der Waals surface area contributed by atoms with Crippen molar-refractivity contribution in [1.82, 2.24) is 14.9 Å². The second-order valence-corrected chi connectivity index (χ2v) is 5.35. The Hall–Kier alpha value is -0.680. The van der Waals surface area contributed by atoms with Gasteiger partial charge in [0.05, 0.1) is 0 Å². The van der Waals surface area contributed by atoms with E-state index in [1.54, 1.807) is 5.38 Å². The molecule has 1 aliphatic carbocycles. The van der Waals surface area contributed by atoms with E-state index in [9.17, 15) is 4.79 Å².